The number of benzene rings is 2. The van der Waals surface area contributed by atoms with E-state index in [2.05, 4.69) is 5.32 Å². The highest BCUT2D eigenvalue weighted by molar-refractivity contribution is 6.39. The van der Waals surface area contributed by atoms with Gasteiger partial charge in [0, 0.05) is 0 Å². The van der Waals surface area contributed by atoms with E-state index >= 15 is 0 Å². The second kappa shape index (κ2) is 8.60. The molecule has 1 saturated heterocycles. The number of rotatable bonds is 6. The van der Waals surface area contributed by atoms with Crippen molar-refractivity contribution in [2.75, 3.05) is 4.90 Å². The highest BCUT2D eigenvalue weighted by atomic mass is 16.5. The molecule has 0 saturated carbocycles. The first kappa shape index (κ1) is 20.8. The minimum atomic E-state index is -1.10. The van der Waals surface area contributed by atoms with Gasteiger partial charge in [-0.1, -0.05) is 31.2 Å². The molecule has 1 aliphatic rings. The summed E-state index contributed by atoms with van der Waals surface area (Å²) < 4.78 is 5.25. The third-order valence-electron chi connectivity index (χ3n) is 4.56. The molecule has 1 fully saturated rings. The maximum absolute atomic E-state index is 12.9. The van der Waals surface area contributed by atoms with Crippen LogP contribution in [0.3, 0.4) is 0 Å². The van der Waals surface area contributed by atoms with Gasteiger partial charge in [0.25, 0.3) is 11.8 Å². The van der Waals surface area contributed by atoms with Crippen molar-refractivity contribution in [2.24, 2.45) is 0 Å². The normalized spacial score (nSPS) is 16.4. The molecule has 0 radical (unpaired) electrons. The Labute approximate surface area is 172 Å². The first-order chi connectivity index (χ1) is 14.3. The Morgan fingerprint density at radius 3 is 2.30 bits per heavy atom. The number of carboxylic acid groups (broad SMARTS) is 1. The highest BCUT2D eigenvalue weighted by Gasteiger charge is 2.36. The SMILES string of the molecule is CCc1ccc(N2C(=O)NC(=O)/C(=C/c3ccc(O[C@@H](C)C(=O)O)cc3)C2=O)cc1. The molecule has 154 valence electrons. The maximum atomic E-state index is 12.9. The molecule has 0 spiro atoms. The topological polar surface area (TPSA) is 113 Å². The second-order valence-corrected chi connectivity index (χ2v) is 6.65. The van der Waals surface area contributed by atoms with Crippen LogP contribution in [0.2, 0.25) is 0 Å². The lowest BCUT2D eigenvalue weighted by Crippen LogP contribution is -2.54. The molecule has 2 aromatic carbocycles. The molecule has 4 amide bonds. The van der Waals surface area contributed by atoms with Crippen molar-refractivity contribution in [3.05, 3.63) is 65.2 Å². The van der Waals surface area contributed by atoms with Gasteiger partial charge in [-0.3, -0.25) is 14.9 Å². The fourth-order valence-electron chi connectivity index (χ4n) is 2.84. The predicted octanol–water partition coefficient (Wildman–Crippen LogP) is 2.77. The molecule has 0 unspecified atom stereocenters. The largest absolute Gasteiger partial charge is 0.479 e. The number of amides is 4. The van der Waals surface area contributed by atoms with Crippen LogP contribution < -0.4 is 15.0 Å². The summed E-state index contributed by atoms with van der Waals surface area (Å²) in [6, 6.07) is 12.3. The third kappa shape index (κ3) is 4.38. The van der Waals surface area contributed by atoms with E-state index in [0.717, 1.165) is 16.9 Å². The predicted molar refractivity (Wildman–Crippen MR) is 109 cm³/mol. The van der Waals surface area contributed by atoms with Crippen LogP contribution in [0.25, 0.3) is 6.08 Å². The number of carbonyl (C=O) groups excluding carboxylic acids is 3. The number of carbonyl (C=O) groups is 4. The van der Waals surface area contributed by atoms with Crippen molar-refractivity contribution in [2.45, 2.75) is 26.4 Å². The fourth-order valence-corrected chi connectivity index (χ4v) is 2.84. The number of barbiturate groups is 1. The van der Waals surface area contributed by atoms with Gasteiger partial charge in [-0.25, -0.2) is 14.5 Å². The quantitative estimate of drug-likeness (QED) is 0.561. The minimum Gasteiger partial charge on any atom is -0.479 e. The van der Waals surface area contributed by atoms with E-state index in [0.29, 0.717) is 17.0 Å². The third-order valence-corrected chi connectivity index (χ3v) is 4.56. The van der Waals surface area contributed by atoms with E-state index in [1.54, 1.807) is 24.3 Å². The molecular weight excluding hydrogens is 388 g/mol. The number of anilines is 1. The summed E-state index contributed by atoms with van der Waals surface area (Å²) in [5.41, 5.74) is 1.73. The molecule has 1 atom stereocenters. The molecule has 0 aliphatic carbocycles. The van der Waals surface area contributed by atoms with Crippen molar-refractivity contribution >= 4 is 35.6 Å². The Balaban J connectivity index is 1.85. The van der Waals surface area contributed by atoms with Crippen LogP contribution in [0.1, 0.15) is 25.0 Å². The van der Waals surface area contributed by atoms with Crippen molar-refractivity contribution < 1.29 is 29.0 Å². The summed E-state index contributed by atoms with van der Waals surface area (Å²) in [6.45, 7) is 3.40. The van der Waals surface area contributed by atoms with Crippen LogP contribution in [0.15, 0.2) is 54.1 Å². The van der Waals surface area contributed by atoms with Crippen LogP contribution in [-0.2, 0) is 20.8 Å². The molecule has 0 bridgehead atoms. The van der Waals surface area contributed by atoms with Crippen LogP contribution >= 0.6 is 0 Å². The number of nitrogens with zero attached hydrogens (tertiary/aromatic N) is 1. The zero-order valence-electron chi connectivity index (χ0n) is 16.4. The second-order valence-electron chi connectivity index (χ2n) is 6.65. The van der Waals surface area contributed by atoms with Crippen molar-refractivity contribution in [1.82, 2.24) is 5.32 Å². The standard InChI is InChI=1S/C22H20N2O6/c1-3-14-4-8-16(9-5-14)24-20(26)18(19(25)23-22(24)29)12-15-6-10-17(11-7-15)30-13(2)21(27)28/h4-13H,3H2,1-2H3,(H,27,28)(H,23,25,29)/b18-12-/t13-/m0/s1. The first-order valence-corrected chi connectivity index (χ1v) is 9.30. The molecule has 30 heavy (non-hydrogen) atoms. The number of ether oxygens (including phenoxy) is 1. The molecule has 2 N–H and O–H groups in total. The molecule has 2 aromatic rings. The van der Waals surface area contributed by atoms with E-state index in [-0.39, 0.29) is 5.57 Å². The van der Waals surface area contributed by atoms with Crippen molar-refractivity contribution in [1.29, 1.82) is 0 Å². The van der Waals surface area contributed by atoms with Crippen LogP contribution in [0, 0.1) is 0 Å². The number of urea groups is 1. The van der Waals surface area contributed by atoms with Crippen LogP contribution in [-0.4, -0.2) is 35.0 Å². The Morgan fingerprint density at radius 2 is 1.73 bits per heavy atom. The van der Waals surface area contributed by atoms with Gasteiger partial charge in [0.1, 0.15) is 11.3 Å². The summed E-state index contributed by atoms with van der Waals surface area (Å²) in [4.78, 5) is 49.2. The maximum Gasteiger partial charge on any atom is 0.344 e. The molecule has 8 heteroatoms. The Hall–Kier alpha value is -3.94. The molecule has 1 heterocycles. The van der Waals surface area contributed by atoms with Gasteiger partial charge in [-0.15, -0.1) is 0 Å². The Kier molecular flexibility index (Phi) is 5.96. The van der Waals surface area contributed by atoms with Gasteiger partial charge < -0.3 is 9.84 Å². The minimum absolute atomic E-state index is 0.193. The average molecular weight is 408 g/mol. The lowest BCUT2D eigenvalue weighted by molar-refractivity contribution is -0.144. The number of aliphatic carboxylic acids is 1. The monoisotopic (exact) mass is 408 g/mol. The molecule has 1 aliphatic heterocycles. The van der Waals surface area contributed by atoms with Crippen LogP contribution in [0.5, 0.6) is 5.75 Å². The van der Waals surface area contributed by atoms with Gasteiger partial charge in [0.2, 0.25) is 0 Å². The number of carboxylic acids is 1. The molecule has 3 rings (SSSR count). The number of hydrogen-bond acceptors (Lipinski definition) is 5. The molecule has 8 nitrogen and oxygen atoms in total. The Bertz CT molecular complexity index is 1020. The molecule has 0 aromatic heterocycles. The fraction of sp³-hybridized carbons (Fsp3) is 0.182. The van der Waals surface area contributed by atoms with E-state index in [1.165, 1.54) is 25.1 Å². The van der Waals surface area contributed by atoms with Gasteiger partial charge in [-0.05, 0) is 54.8 Å². The van der Waals surface area contributed by atoms with Gasteiger partial charge >= 0.3 is 12.0 Å². The number of imide groups is 2. The Morgan fingerprint density at radius 1 is 1.10 bits per heavy atom. The summed E-state index contributed by atoms with van der Waals surface area (Å²) in [5.74, 6) is -2.28. The lowest BCUT2D eigenvalue weighted by Gasteiger charge is -2.26. The van der Waals surface area contributed by atoms with Gasteiger partial charge in [0.05, 0.1) is 5.69 Å². The zero-order valence-corrected chi connectivity index (χ0v) is 16.4. The van der Waals surface area contributed by atoms with Gasteiger partial charge in [-0.2, -0.15) is 0 Å². The summed E-state index contributed by atoms with van der Waals surface area (Å²) in [5, 5.41) is 11.1. The zero-order chi connectivity index (χ0) is 21.8. The van der Waals surface area contributed by atoms with Gasteiger partial charge in [0.15, 0.2) is 6.10 Å². The lowest BCUT2D eigenvalue weighted by atomic mass is 10.1. The highest BCUT2D eigenvalue weighted by Crippen LogP contribution is 2.23. The summed E-state index contributed by atoms with van der Waals surface area (Å²) in [6.07, 6.45) is 1.16. The summed E-state index contributed by atoms with van der Waals surface area (Å²) >= 11 is 0. The first-order valence-electron chi connectivity index (χ1n) is 9.30. The van der Waals surface area contributed by atoms with Crippen molar-refractivity contribution in [3.8, 4) is 5.75 Å². The number of nitrogens with one attached hydrogen (secondary N) is 1. The van der Waals surface area contributed by atoms with E-state index < -0.39 is 29.9 Å². The average Bonchev–Trinajstić information content (AvgIpc) is 2.72. The molecular formula is C22H20N2O6. The number of hydrogen-bond donors (Lipinski definition) is 2. The smallest absolute Gasteiger partial charge is 0.344 e. The number of aryl methyl sites for hydroxylation is 1. The van der Waals surface area contributed by atoms with E-state index in [1.807, 2.05) is 19.1 Å². The van der Waals surface area contributed by atoms with E-state index in [4.69, 9.17) is 9.84 Å². The van der Waals surface area contributed by atoms with E-state index in [9.17, 15) is 19.2 Å². The summed E-state index contributed by atoms with van der Waals surface area (Å²) in [7, 11) is 0. The van der Waals surface area contributed by atoms with Crippen molar-refractivity contribution in [3.63, 3.8) is 0 Å². The van der Waals surface area contributed by atoms with Crippen LogP contribution in [0.4, 0.5) is 10.5 Å².